The predicted molar refractivity (Wildman–Crippen MR) is 67.9 cm³/mol. The minimum Gasteiger partial charge on any atom is -0.394 e. The lowest BCUT2D eigenvalue weighted by Gasteiger charge is -2.34. The van der Waals surface area contributed by atoms with E-state index in [9.17, 15) is 13.9 Å². The Hall–Kier alpha value is -0.750. The first-order valence-electron chi connectivity index (χ1n) is 5.73. The first-order valence-corrected chi connectivity index (χ1v) is 5.73. The average molecular weight is 279 g/mol. The molecule has 2 N–H and O–H groups in total. The molecule has 1 heterocycles. The molecule has 0 aromatic heterocycles. The fourth-order valence-electron chi connectivity index (χ4n) is 2.21. The summed E-state index contributed by atoms with van der Waals surface area (Å²) in [6.45, 7) is 2.62. The monoisotopic (exact) mass is 278 g/mol. The Morgan fingerprint density at radius 2 is 1.78 bits per heavy atom. The fourth-order valence-corrected chi connectivity index (χ4v) is 2.21. The number of piperazine rings is 1. The third kappa shape index (κ3) is 3.17. The second-order valence-electron chi connectivity index (χ2n) is 4.12. The summed E-state index contributed by atoms with van der Waals surface area (Å²) in [4.78, 5) is 1.90. The molecule has 1 atom stereocenters. The number of nitrogens with one attached hydrogen (secondary N) is 1. The summed E-state index contributed by atoms with van der Waals surface area (Å²) in [5, 5.41) is 12.5. The van der Waals surface area contributed by atoms with Crippen molar-refractivity contribution in [1.29, 1.82) is 0 Å². The van der Waals surface area contributed by atoms with Crippen molar-refractivity contribution in [3.63, 3.8) is 0 Å². The minimum atomic E-state index is -0.599. The Kier molecular flexibility index (Phi) is 5.95. The van der Waals surface area contributed by atoms with Gasteiger partial charge in [-0.05, 0) is 12.1 Å². The second-order valence-corrected chi connectivity index (χ2v) is 4.12. The van der Waals surface area contributed by atoms with E-state index in [0.29, 0.717) is 13.1 Å². The van der Waals surface area contributed by atoms with Gasteiger partial charge in [-0.3, -0.25) is 4.90 Å². The molecule has 1 aliphatic rings. The number of aliphatic hydroxyl groups is 1. The molecule has 1 aliphatic heterocycles. The van der Waals surface area contributed by atoms with Gasteiger partial charge in [0.2, 0.25) is 0 Å². The summed E-state index contributed by atoms with van der Waals surface area (Å²) < 4.78 is 27.3. The zero-order valence-electron chi connectivity index (χ0n) is 9.90. The van der Waals surface area contributed by atoms with Gasteiger partial charge in [-0.15, -0.1) is 12.4 Å². The van der Waals surface area contributed by atoms with E-state index in [0.717, 1.165) is 13.1 Å². The summed E-state index contributed by atoms with van der Waals surface area (Å²) in [5.41, 5.74) is -0.0306. The van der Waals surface area contributed by atoms with Gasteiger partial charge in [0.25, 0.3) is 0 Å². The molecule has 0 spiro atoms. The highest BCUT2D eigenvalue weighted by atomic mass is 35.5. The molecule has 0 amide bonds. The van der Waals surface area contributed by atoms with Crippen LogP contribution in [0.15, 0.2) is 18.2 Å². The van der Waals surface area contributed by atoms with E-state index in [2.05, 4.69) is 5.32 Å². The second kappa shape index (κ2) is 6.99. The molecule has 1 fully saturated rings. The summed E-state index contributed by atoms with van der Waals surface area (Å²) >= 11 is 0. The van der Waals surface area contributed by atoms with Crippen molar-refractivity contribution in [2.45, 2.75) is 6.04 Å². The van der Waals surface area contributed by atoms with Crippen LogP contribution in [0.2, 0.25) is 0 Å². The molecular formula is C12H17ClF2N2O. The molecule has 0 aliphatic carbocycles. The number of nitrogens with zero attached hydrogens (tertiary/aromatic N) is 1. The molecule has 0 bridgehead atoms. The van der Waals surface area contributed by atoms with Crippen LogP contribution >= 0.6 is 12.4 Å². The van der Waals surface area contributed by atoms with Crippen LogP contribution in [0.25, 0.3) is 0 Å². The highest BCUT2D eigenvalue weighted by molar-refractivity contribution is 5.85. The minimum absolute atomic E-state index is 0. The highest BCUT2D eigenvalue weighted by Crippen LogP contribution is 2.25. The summed E-state index contributed by atoms with van der Waals surface area (Å²) in [5.74, 6) is -1.19. The van der Waals surface area contributed by atoms with E-state index < -0.39 is 17.7 Å². The predicted octanol–water partition coefficient (Wildman–Crippen LogP) is 1.33. The Morgan fingerprint density at radius 1 is 1.22 bits per heavy atom. The van der Waals surface area contributed by atoms with Gasteiger partial charge in [-0.1, -0.05) is 6.07 Å². The van der Waals surface area contributed by atoms with Crippen molar-refractivity contribution < 1.29 is 13.9 Å². The van der Waals surface area contributed by atoms with Crippen LogP contribution in [-0.4, -0.2) is 42.8 Å². The van der Waals surface area contributed by atoms with Gasteiger partial charge < -0.3 is 10.4 Å². The van der Waals surface area contributed by atoms with Gasteiger partial charge in [0.05, 0.1) is 12.6 Å². The fraction of sp³-hybridized carbons (Fsp3) is 0.500. The van der Waals surface area contributed by atoms with E-state index in [1.54, 1.807) is 0 Å². The largest absolute Gasteiger partial charge is 0.394 e. The van der Waals surface area contributed by atoms with E-state index in [4.69, 9.17) is 0 Å². The Balaban J connectivity index is 0.00000162. The standard InChI is InChI=1S/C12H16F2N2O.ClH/c13-9-2-1-3-10(14)12(9)11(8-17)16-6-4-15-5-7-16;/h1-3,11,15,17H,4-8H2;1H/t11-;/m0./s1. The van der Waals surface area contributed by atoms with Crippen LogP contribution < -0.4 is 5.32 Å². The molecular weight excluding hydrogens is 262 g/mol. The van der Waals surface area contributed by atoms with E-state index in [-0.39, 0.29) is 24.6 Å². The lowest BCUT2D eigenvalue weighted by atomic mass is 10.0. The topological polar surface area (TPSA) is 35.5 Å². The van der Waals surface area contributed by atoms with Gasteiger partial charge in [-0.25, -0.2) is 8.78 Å². The van der Waals surface area contributed by atoms with Crippen LogP contribution in [0.4, 0.5) is 8.78 Å². The molecule has 1 aromatic rings. The molecule has 102 valence electrons. The van der Waals surface area contributed by atoms with Crippen LogP contribution in [0.1, 0.15) is 11.6 Å². The zero-order chi connectivity index (χ0) is 12.3. The summed E-state index contributed by atoms with van der Waals surface area (Å²) in [6.07, 6.45) is 0. The smallest absolute Gasteiger partial charge is 0.131 e. The lowest BCUT2D eigenvalue weighted by Crippen LogP contribution is -2.46. The van der Waals surface area contributed by atoms with Gasteiger partial charge in [0.15, 0.2) is 0 Å². The number of hydrogen-bond acceptors (Lipinski definition) is 3. The maximum atomic E-state index is 13.6. The lowest BCUT2D eigenvalue weighted by molar-refractivity contribution is 0.105. The van der Waals surface area contributed by atoms with Gasteiger partial charge in [-0.2, -0.15) is 0 Å². The first-order chi connectivity index (χ1) is 8.24. The van der Waals surface area contributed by atoms with Crippen molar-refractivity contribution in [3.8, 4) is 0 Å². The van der Waals surface area contributed by atoms with E-state index >= 15 is 0 Å². The maximum Gasteiger partial charge on any atom is 0.131 e. The molecule has 0 saturated carbocycles. The molecule has 0 unspecified atom stereocenters. The Bertz CT molecular complexity index is 366. The highest BCUT2D eigenvalue weighted by Gasteiger charge is 2.26. The van der Waals surface area contributed by atoms with E-state index in [1.165, 1.54) is 18.2 Å². The van der Waals surface area contributed by atoms with Crippen LogP contribution in [-0.2, 0) is 0 Å². The third-order valence-electron chi connectivity index (χ3n) is 3.10. The molecule has 1 aromatic carbocycles. The van der Waals surface area contributed by atoms with Crippen LogP contribution in [0, 0.1) is 11.6 Å². The Labute approximate surface area is 111 Å². The number of rotatable bonds is 3. The zero-order valence-corrected chi connectivity index (χ0v) is 10.7. The number of hydrogen-bond donors (Lipinski definition) is 2. The maximum absolute atomic E-state index is 13.6. The number of aliphatic hydroxyl groups excluding tert-OH is 1. The third-order valence-corrected chi connectivity index (χ3v) is 3.10. The normalized spacial score (nSPS) is 18.2. The van der Waals surface area contributed by atoms with Gasteiger partial charge >= 0.3 is 0 Å². The van der Waals surface area contributed by atoms with Crippen molar-refractivity contribution in [2.24, 2.45) is 0 Å². The summed E-state index contributed by atoms with van der Waals surface area (Å²) in [6, 6.07) is 3.19. The van der Waals surface area contributed by atoms with Crippen LogP contribution in [0.3, 0.4) is 0 Å². The Morgan fingerprint density at radius 3 is 2.28 bits per heavy atom. The van der Waals surface area contributed by atoms with Gasteiger partial charge in [0, 0.05) is 31.7 Å². The molecule has 0 radical (unpaired) electrons. The quantitative estimate of drug-likeness (QED) is 0.876. The van der Waals surface area contributed by atoms with Crippen molar-refractivity contribution in [3.05, 3.63) is 35.4 Å². The number of benzene rings is 1. The average Bonchev–Trinajstić information content (AvgIpc) is 2.35. The van der Waals surface area contributed by atoms with E-state index in [1.807, 2.05) is 4.90 Å². The van der Waals surface area contributed by atoms with Crippen molar-refractivity contribution in [2.75, 3.05) is 32.8 Å². The van der Waals surface area contributed by atoms with Gasteiger partial charge in [0.1, 0.15) is 11.6 Å². The first kappa shape index (κ1) is 15.3. The number of halogens is 3. The molecule has 18 heavy (non-hydrogen) atoms. The molecule has 6 heteroatoms. The van der Waals surface area contributed by atoms with Crippen LogP contribution in [0.5, 0.6) is 0 Å². The molecule has 2 rings (SSSR count). The van der Waals surface area contributed by atoms with Crippen molar-refractivity contribution >= 4 is 12.4 Å². The molecule has 1 saturated heterocycles. The molecule has 3 nitrogen and oxygen atoms in total. The van der Waals surface area contributed by atoms with Crippen molar-refractivity contribution in [1.82, 2.24) is 10.2 Å². The SMILES string of the molecule is Cl.OC[C@@H](c1c(F)cccc1F)N1CCNCC1. The summed E-state index contributed by atoms with van der Waals surface area (Å²) in [7, 11) is 0.